The maximum absolute atomic E-state index is 13.1. The molecule has 0 radical (unpaired) electrons. The highest BCUT2D eigenvalue weighted by Crippen LogP contribution is 2.32. The van der Waals surface area contributed by atoms with Crippen molar-refractivity contribution in [1.29, 1.82) is 0 Å². The Hall–Kier alpha value is -0.810. The minimum absolute atomic E-state index is 0.189. The van der Waals surface area contributed by atoms with Gasteiger partial charge in [-0.1, -0.05) is 0 Å². The van der Waals surface area contributed by atoms with E-state index in [1.807, 2.05) is 0 Å². The molecule has 0 unspecified atom stereocenters. The van der Waals surface area contributed by atoms with E-state index in [2.05, 4.69) is 17.6 Å². The highest BCUT2D eigenvalue weighted by Gasteiger charge is 2.11. The summed E-state index contributed by atoms with van der Waals surface area (Å²) < 4.78 is 19.5. The Bertz CT molecular complexity index is 455. The molecule has 1 heterocycles. The van der Waals surface area contributed by atoms with Crippen molar-refractivity contribution in [2.24, 2.45) is 0 Å². The summed E-state index contributed by atoms with van der Waals surface area (Å²) in [4.78, 5) is 4.06. The van der Waals surface area contributed by atoms with E-state index < -0.39 is 5.82 Å². The monoisotopic (exact) mass is 215 g/mol. The number of benzene rings is 1. The van der Waals surface area contributed by atoms with E-state index >= 15 is 0 Å². The lowest BCUT2D eigenvalue weighted by atomic mass is 10.3. The number of aromatic nitrogens is 1. The summed E-state index contributed by atoms with van der Waals surface area (Å²) in [7, 11) is 1.43. The Morgan fingerprint density at radius 2 is 2.31 bits per heavy atom. The molecule has 0 saturated carbocycles. The maximum atomic E-state index is 13.1. The van der Waals surface area contributed by atoms with Crippen molar-refractivity contribution in [3.8, 4) is 5.75 Å². The van der Waals surface area contributed by atoms with Crippen molar-refractivity contribution in [2.75, 3.05) is 7.11 Å². The molecule has 0 N–H and O–H groups in total. The molecule has 1 aromatic carbocycles. The fourth-order valence-corrected chi connectivity index (χ4v) is 2.23. The molecule has 13 heavy (non-hydrogen) atoms. The van der Waals surface area contributed by atoms with E-state index in [4.69, 9.17) is 4.74 Å². The number of thiazole rings is 1. The van der Waals surface area contributed by atoms with Gasteiger partial charge in [0.2, 0.25) is 0 Å². The third-order valence-corrected chi connectivity index (χ3v) is 2.86. The van der Waals surface area contributed by atoms with Crippen molar-refractivity contribution in [3.63, 3.8) is 0 Å². The van der Waals surface area contributed by atoms with Gasteiger partial charge in [-0.25, -0.2) is 9.37 Å². The first kappa shape index (κ1) is 8.77. The quantitative estimate of drug-likeness (QED) is 0.739. The molecular formula is C8H6FNOS2. The third-order valence-electron chi connectivity index (χ3n) is 1.66. The van der Waals surface area contributed by atoms with Gasteiger partial charge in [-0.3, -0.25) is 0 Å². The van der Waals surface area contributed by atoms with Crippen molar-refractivity contribution < 1.29 is 9.13 Å². The molecule has 2 aromatic rings. The standard InChI is InChI=1S/C8H6FNOS2/c1-11-7-4(9)2-3-5-6(7)10-8(12)13-5/h2-3H,1H3,(H,10,12). The first-order valence-corrected chi connectivity index (χ1v) is 4.80. The Balaban J connectivity index is 2.82. The molecule has 0 aliphatic carbocycles. The topological polar surface area (TPSA) is 22.1 Å². The number of hydrogen-bond donors (Lipinski definition) is 1. The number of nitrogens with zero attached hydrogens (tertiary/aromatic N) is 1. The zero-order valence-electron chi connectivity index (χ0n) is 6.74. The Labute approximate surface area is 83.8 Å². The second-order valence-electron chi connectivity index (χ2n) is 2.42. The van der Waals surface area contributed by atoms with E-state index in [0.717, 1.165) is 4.70 Å². The van der Waals surface area contributed by atoms with Crippen molar-refractivity contribution in [3.05, 3.63) is 17.9 Å². The molecule has 2 nitrogen and oxygen atoms in total. The van der Waals surface area contributed by atoms with Crippen molar-refractivity contribution in [1.82, 2.24) is 4.98 Å². The highest BCUT2D eigenvalue weighted by molar-refractivity contribution is 7.82. The summed E-state index contributed by atoms with van der Waals surface area (Å²) in [6, 6.07) is 3.04. The van der Waals surface area contributed by atoms with Crippen LogP contribution in [0.1, 0.15) is 0 Å². The van der Waals surface area contributed by atoms with Crippen LogP contribution in [0.4, 0.5) is 4.39 Å². The molecule has 1 aromatic heterocycles. The lowest BCUT2D eigenvalue weighted by Gasteiger charge is -2.00. The first-order valence-electron chi connectivity index (χ1n) is 3.54. The van der Waals surface area contributed by atoms with Crippen LogP contribution in [-0.4, -0.2) is 12.1 Å². The zero-order valence-corrected chi connectivity index (χ0v) is 8.45. The molecule has 0 bridgehead atoms. The summed E-state index contributed by atoms with van der Waals surface area (Å²) in [5, 5.41) is 0. The lowest BCUT2D eigenvalue weighted by Crippen LogP contribution is -1.88. The number of hydrogen-bond acceptors (Lipinski definition) is 4. The molecule has 0 aliphatic heterocycles. The second kappa shape index (κ2) is 3.16. The van der Waals surface area contributed by atoms with Crippen LogP contribution in [0.5, 0.6) is 5.75 Å². The van der Waals surface area contributed by atoms with Gasteiger partial charge in [0.1, 0.15) is 9.86 Å². The van der Waals surface area contributed by atoms with E-state index in [1.54, 1.807) is 6.07 Å². The number of methoxy groups -OCH3 is 1. The molecule has 5 heteroatoms. The minimum Gasteiger partial charge on any atom is -0.491 e. The first-order chi connectivity index (χ1) is 6.22. The van der Waals surface area contributed by atoms with Crippen LogP contribution < -0.4 is 4.74 Å². The molecule has 0 amide bonds. The van der Waals surface area contributed by atoms with Crippen LogP contribution in [0.2, 0.25) is 0 Å². The largest absolute Gasteiger partial charge is 0.491 e. The average molecular weight is 215 g/mol. The zero-order chi connectivity index (χ0) is 9.42. The van der Waals surface area contributed by atoms with Gasteiger partial charge in [-0.2, -0.15) is 0 Å². The number of ether oxygens (including phenoxy) is 1. The predicted octanol–water partition coefficient (Wildman–Crippen LogP) is 2.73. The van der Waals surface area contributed by atoms with E-state index in [-0.39, 0.29) is 5.75 Å². The SMILES string of the molecule is COc1c(F)ccc2sc(S)nc12. The Kier molecular flexibility index (Phi) is 2.13. The van der Waals surface area contributed by atoms with Gasteiger partial charge in [0.05, 0.1) is 11.8 Å². The van der Waals surface area contributed by atoms with Crippen LogP contribution in [0.15, 0.2) is 16.5 Å². The van der Waals surface area contributed by atoms with Gasteiger partial charge in [0, 0.05) is 0 Å². The van der Waals surface area contributed by atoms with E-state index in [1.165, 1.54) is 24.5 Å². The molecule has 0 fully saturated rings. The molecular weight excluding hydrogens is 209 g/mol. The van der Waals surface area contributed by atoms with Crippen LogP contribution in [0, 0.1) is 5.82 Å². The van der Waals surface area contributed by atoms with Gasteiger partial charge in [-0.05, 0) is 12.1 Å². The second-order valence-corrected chi connectivity index (χ2v) is 4.18. The fraction of sp³-hybridized carbons (Fsp3) is 0.125. The summed E-state index contributed by atoms with van der Waals surface area (Å²) >= 11 is 5.49. The van der Waals surface area contributed by atoms with E-state index in [0.29, 0.717) is 9.86 Å². The van der Waals surface area contributed by atoms with Gasteiger partial charge in [-0.15, -0.1) is 24.0 Å². The number of thiol groups is 1. The smallest absolute Gasteiger partial charge is 0.181 e. The van der Waals surface area contributed by atoms with Crippen molar-refractivity contribution in [2.45, 2.75) is 4.34 Å². The van der Waals surface area contributed by atoms with Crippen LogP contribution in [0.3, 0.4) is 0 Å². The molecule has 0 spiro atoms. The lowest BCUT2D eigenvalue weighted by molar-refractivity contribution is 0.391. The molecule has 0 aliphatic rings. The average Bonchev–Trinajstić information content (AvgIpc) is 2.45. The van der Waals surface area contributed by atoms with Gasteiger partial charge in [0.25, 0.3) is 0 Å². The Morgan fingerprint density at radius 3 is 3.00 bits per heavy atom. The van der Waals surface area contributed by atoms with Crippen LogP contribution in [0.25, 0.3) is 10.2 Å². The molecule has 0 atom stereocenters. The van der Waals surface area contributed by atoms with Crippen molar-refractivity contribution >= 4 is 34.2 Å². The number of rotatable bonds is 1. The van der Waals surface area contributed by atoms with Crippen LogP contribution >= 0.6 is 24.0 Å². The Morgan fingerprint density at radius 1 is 1.54 bits per heavy atom. The molecule has 0 saturated heterocycles. The summed E-state index contributed by atoms with van der Waals surface area (Å²) in [6.07, 6.45) is 0. The summed E-state index contributed by atoms with van der Waals surface area (Å²) in [5.74, 6) is -0.206. The normalized spacial score (nSPS) is 10.7. The van der Waals surface area contributed by atoms with Gasteiger partial charge < -0.3 is 4.74 Å². The predicted molar refractivity (Wildman–Crippen MR) is 53.4 cm³/mol. The summed E-state index contributed by atoms with van der Waals surface area (Å²) in [5.41, 5.74) is 0.539. The minimum atomic E-state index is -0.395. The number of halogens is 1. The van der Waals surface area contributed by atoms with Crippen LogP contribution in [-0.2, 0) is 0 Å². The van der Waals surface area contributed by atoms with Gasteiger partial charge >= 0.3 is 0 Å². The maximum Gasteiger partial charge on any atom is 0.181 e. The molecule has 68 valence electrons. The summed E-state index contributed by atoms with van der Waals surface area (Å²) in [6.45, 7) is 0. The van der Waals surface area contributed by atoms with Gasteiger partial charge in [0.15, 0.2) is 11.6 Å². The molecule has 2 rings (SSSR count). The number of fused-ring (bicyclic) bond motifs is 1. The highest BCUT2D eigenvalue weighted by atomic mass is 32.2. The third kappa shape index (κ3) is 1.38. The fourth-order valence-electron chi connectivity index (χ4n) is 1.13. The van der Waals surface area contributed by atoms with E-state index in [9.17, 15) is 4.39 Å².